The molecule has 1 heterocycles. The molecular weight excluding hydrogens is 216 g/mol. The van der Waals surface area contributed by atoms with Crippen LogP contribution < -0.4 is 5.73 Å². The first-order chi connectivity index (χ1) is 8.11. The first-order valence-electron chi connectivity index (χ1n) is 6.33. The van der Waals surface area contributed by atoms with E-state index in [0.717, 1.165) is 30.1 Å². The van der Waals surface area contributed by atoms with Gasteiger partial charge in [-0.25, -0.2) is 4.68 Å². The average molecular weight is 236 g/mol. The molecule has 0 bridgehead atoms. The van der Waals surface area contributed by atoms with E-state index in [-0.39, 0.29) is 12.3 Å². The summed E-state index contributed by atoms with van der Waals surface area (Å²) in [4.78, 5) is 11.0. The molecule has 1 aliphatic carbocycles. The van der Waals surface area contributed by atoms with E-state index in [1.165, 1.54) is 12.8 Å². The molecule has 2 N–H and O–H groups in total. The van der Waals surface area contributed by atoms with Crippen molar-refractivity contribution in [3.05, 3.63) is 11.4 Å². The van der Waals surface area contributed by atoms with Crippen molar-refractivity contribution in [2.45, 2.75) is 52.0 Å². The van der Waals surface area contributed by atoms with Crippen molar-refractivity contribution >= 4 is 5.91 Å². The largest absolute Gasteiger partial charge is 0.369 e. The summed E-state index contributed by atoms with van der Waals surface area (Å²) in [6.07, 6.45) is 4.76. The number of nitrogens with two attached hydrogens (primary N) is 1. The van der Waals surface area contributed by atoms with Gasteiger partial charge >= 0.3 is 0 Å². The summed E-state index contributed by atoms with van der Waals surface area (Å²) in [5, 5.41) is 8.30. The van der Waals surface area contributed by atoms with Gasteiger partial charge in [0.2, 0.25) is 5.91 Å². The van der Waals surface area contributed by atoms with Gasteiger partial charge < -0.3 is 5.73 Å². The molecule has 5 heteroatoms. The van der Waals surface area contributed by atoms with Gasteiger partial charge in [0, 0.05) is 0 Å². The van der Waals surface area contributed by atoms with E-state index in [1.807, 2.05) is 4.68 Å². The van der Waals surface area contributed by atoms with Crippen molar-refractivity contribution < 1.29 is 4.79 Å². The Bertz CT molecular complexity index is 409. The maximum atomic E-state index is 11.0. The number of amides is 1. The second-order valence-corrected chi connectivity index (χ2v) is 4.98. The van der Waals surface area contributed by atoms with E-state index in [1.54, 1.807) is 0 Å². The number of rotatable bonds is 6. The van der Waals surface area contributed by atoms with Gasteiger partial charge in [0.25, 0.3) is 0 Å². The van der Waals surface area contributed by atoms with Gasteiger partial charge in [0.1, 0.15) is 0 Å². The van der Waals surface area contributed by atoms with E-state index < -0.39 is 0 Å². The Labute approximate surface area is 101 Å². The molecule has 0 aromatic carbocycles. The maximum Gasteiger partial charge on any atom is 0.223 e. The molecule has 1 amide bonds. The molecule has 1 aromatic rings. The molecule has 17 heavy (non-hydrogen) atoms. The number of hydrogen-bond acceptors (Lipinski definition) is 3. The van der Waals surface area contributed by atoms with E-state index in [4.69, 9.17) is 5.73 Å². The van der Waals surface area contributed by atoms with Crippen LogP contribution in [0.25, 0.3) is 0 Å². The van der Waals surface area contributed by atoms with Crippen LogP contribution in [0, 0.1) is 5.92 Å². The number of carbonyl (C=O) groups is 1. The third-order valence-electron chi connectivity index (χ3n) is 3.40. The molecule has 1 saturated carbocycles. The minimum absolute atomic E-state index is 0.207. The zero-order valence-corrected chi connectivity index (χ0v) is 10.5. The fourth-order valence-electron chi connectivity index (χ4n) is 1.98. The second kappa shape index (κ2) is 4.85. The van der Waals surface area contributed by atoms with Crippen LogP contribution in [0.2, 0.25) is 0 Å². The molecule has 1 fully saturated rings. The molecule has 0 radical (unpaired) electrons. The van der Waals surface area contributed by atoms with Crippen LogP contribution in [-0.4, -0.2) is 20.9 Å². The highest BCUT2D eigenvalue weighted by Crippen LogP contribution is 2.33. The summed E-state index contributed by atoms with van der Waals surface area (Å²) >= 11 is 0. The average Bonchev–Trinajstić information content (AvgIpc) is 3.01. The number of nitrogens with zero attached hydrogens (tertiary/aromatic N) is 3. The van der Waals surface area contributed by atoms with Gasteiger partial charge in [-0.15, -0.1) is 5.10 Å². The molecule has 0 saturated heterocycles. The molecule has 5 nitrogen and oxygen atoms in total. The molecule has 94 valence electrons. The predicted molar refractivity (Wildman–Crippen MR) is 64.4 cm³/mol. The lowest BCUT2D eigenvalue weighted by Crippen LogP contribution is -2.16. The van der Waals surface area contributed by atoms with Crippen molar-refractivity contribution in [2.75, 3.05) is 0 Å². The summed E-state index contributed by atoms with van der Waals surface area (Å²) in [5.74, 6) is 0.418. The number of primary amides is 1. The quantitative estimate of drug-likeness (QED) is 0.807. The van der Waals surface area contributed by atoms with Crippen LogP contribution in [0.3, 0.4) is 0 Å². The normalized spacial score (nSPS) is 17.1. The Morgan fingerprint density at radius 2 is 2.29 bits per heavy atom. The number of carbonyl (C=O) groups excluding carboxylic acids is 1. The minimum atomic E-state index is -0.335. The van der Waals surface area contributed by atoms with Crippen molar-refractivity contribution in [1.82, 2.24) is 15.0 Å². The van der Waals surface area contributed by atoms with Crippen LogP contribution in [0.4, 0.5) is 0 Å². The molecule has 0 spiro atoms. The molecule has 1 aliphatic rings. The molecular formula is C12H20N4O. The van der Waals surface area contributed by atoms with Gasteiger partial charge in [0.05, 0.1) is 23.9 Å². The minimum Gasteiger partial charge on any atom is -0.369 e. The molecule has 1 atom stereocenters. The van der Waals surface area contributed by atoms with Gasteiger partial charge in [-0.2, -0.15) is 0 Å². The smallest absolute Gasteiger partial charge is 0.223 e. The lowest BCUT2D eigenvalue weighted by Gasteiger charge is -2.13. The molecule has 0 aliphatic heterocycles. The Kier molecular flexibility index (Phi) is 3.45. The summed E-state index contributed by atoms with van der Waals surface area (Å²) < 4.78 is 1.97. The van der Waals surface area contributed by atoms with Crippen LogP contribution in [0.5, 0.6) is 0 Å². The summed E-state index contributed by atoms with van der Waals surface area (Å²) in [5.41, 5.74) is 7.12. The molecule has 2 rings (SSSR count). The van der Waals surface area contributed by atoms with Crippen LogP contribution in [-0.2, 0) is 17.6 Å². The van der Waals surface area contributed by atoms with Gasteiger partial charge in [-0.3, -0.25) is 4.79 Å². The van der Waals surface area contributed by atoms with Crippen molar-refractivity contribution in [1.29, 1.82) is 0 Å². The third kappa shape index (κ3) is 2.84. The zero-order valence-electron chi connectivity index (χ0n) is 10.5. The van der Waals surface area contributed by atoms with E-state index >= 15 is 0 Å². The van der Waals surface area contributed by atoms with Crippen molar-refractivity contribution in [3.63, 3.8) is 0 Å². The monoisotopic (exact) mass is 236 g/mol. The van der Waals surface area contributed by atoms with Crippen LogP contribution >= 0.6 is 0 Å². The summed E-state index contributed by atoms with van der Waals surface area (Å²) in [6.45, 7) is 4.25. The van der Waals surface area contributed by atoms with Crippen molar-refractivity contribution in [2.24, 2.45) is 11.7 Å². The van der Waals surface area contributed by atoms with E-state index in [2.05, 4.69) is 24.2 Å². The lowest BCUT2D eigenvalue weighted by atomic mass is 10.1. The maximum absolute atomic E-state index is 11.0. The highest BCUT2D eigenvalue weighted by molar-refractivity contribution is 5.76. The predicted octanol–water partition coefficient (Wildman–Crippen LogP) is 1.23. The van der Waals surface area contributed by atoms with Gasteiger partial charge in [-0.1, -0.05) is 12.1 Å². The molecule has 1 aromatic heterocycles. The van der Waals surface area contributed by atoms with E-state index in [9.17, 15) is 4.79 Å². The SMILES string of the molecule is CCC(C)n1nnc(CC(N)=O)c1CC1CC1. The highest BCUT2D eigenvalue weighted by atomic mass is 16.1. The topological polar surface area (TPSA) is 73.8 Å². The second-order valence-electron chi connectivity index (χ2n) is 4.98. The third-order valence-corrected chi connectivity index (χ3v) is 3.40. The van der Waals surface area contributed by atoms with Gasteiger partial charge in [-0.05, 0) is 38.5 Å². The Balaban J connectivity index is 2.24. The summed E-state index contributed by atoms with van der Waals surface area (Å²) in [6, 6.07) is 0.331. The molecule has 1 unspecified atom stereocenters. The van der Waals surface area contributed by atoms with Crippen LogP contribution in [0.15, 0.2) is 0 Å². The van der Waals surface area contributed by atoms with E-state index in [0.29, 0.717) is 6.04 Å². The number of aromatic nitrogens is 3. The standard InChI is InChI=1S/C12H20N4O/c1-3-8(2)16-11(6-9-4-5-9)10(14-15-16)7-12(13)17/h8-9H,3-7H2,1-2H3,(H2,13,17). The Hall–Kier alpha value is -1.39. The fraction of sp³-hybridized carbons (Fsp3) is 0.750. The zero-order chi connectivity index (χ0) is 12.4. The Morgan fingerprint density at radius 1 is 1.59 bits per heavy atom. The van der Waals surface area contributed by atoms with Gasteiger partial charge in [0.15, 0.2) is 0 Å². The summed E-state index contributed by atoms with van der Waals surface area (Å²) in [7, 11) is 0. The fourth-order valence-corrected chi connectivity index (χ4v) is 1.98. The van der Waals surface area contributed by atoms with Crippen LogP contribution in [0.1, 0.15) is 50.5 Å². The Morgan fingerprint density at radius 3 is 2.82 bits per heavy atom. The first-order valence-corrected chi connectivity index (χ1v) is 6.33. The van der Waals surface area contributed by atoms with Crippen molar-refractivity contribution in [3.8, 4) is 0 Å². The first kappa shape index (κ1) is 12.1. The highest BCUT2D eigenvalue weighted by Gasteiger charge is 2.27. The number of hydrogen-bond donors (Lipinski definition) is 1. The lowest BCUT2D eigenvalue weighted by molar-refractivity contribution is -0.117.